The number of ether oxygens (including phenoxy) is 1. The van der Waals surface area contributed by atoms with Gasteiger partial charge < -0.3 is 14.6 Å². The van der Waals surface area contributed by atoms with Crippen molar-refractivity contribution < 1.29 is 22.4 Å². The summed E-state index contributed by atoms with van der Waals surface area (Å²) in [5.41, 5.74) is 0.664. The summed E-state index contributed by atoms with van der Waals surface area (Å²) in [6.45, 7) is 4.80. The Labute approximate surface area is 205 Å². The molecule has 0 atom stereocenters. The molecular weight excluding hydrogens is 481 g/mol. The monoisotopic (exact) mass is 502 g/mol. The Hall–Kier alpha value is -3.59. The third-order valence-electron chi connectivity index (χ3n) is 5.12. The maximum Gasteiger partial charge on any atom is 0.417 e. The van der Waals surface area contributed by atoms with E-state index in [9.17, 15) is 13.2 Å². The molecule has 0 spiro atoms. The molecular formula is C25H22ClF3N4O2. The molecule has 0 bridgehead atoms. The van der Waals surface area contributed by atoms with Crippen LogP contribution in [0.25, 0.3) is 34.0 Å². The van der Waals surface area contributed by atoms with Gasteiger partial charge in [-0.3, -0.25) is 0 Å². The van der Waals surface area contributed by atoms with Crippen molar-refractivity contribution in [2.24, 2.45) is 0 Å². The van der Waals surface area contributed by atoms with Gasteiger partial charge in [0.1, 0.15) is 11.6 Å². The first-order chi connectivity index (χ1) is 16.8. The Morgan fingerprint density at radius 2 is 1.83 bits per heavy atom. The standard InChI is InChI=1S/C25H22ClF3N4O2/c1-3-11-30-23-20(26)12-16(14-31-23)22-32-24(35-33-22)15-9-10-18(21(13-15)34-4-2)17-7-5-6-8-19(17)25(27,28)29/h5-10,12-14H,3-4,11H2,1-2H3,(H,30,31). The molecule has 35 heavy (non-hydrogen) atoms. The van der Waals surface area contributed by atoms with E-state index >= 15 is 0 Å². The zero-order chi connectivity index (χ0) is 25.0. The average Bonchev–Trinajstić information content (AvgIpc) is 3.33. The summed E-state index contributed by atoms with van der Waals surface area (Å²) >= 11 is 6.31. The lowest BCUT2D eigenvalue weighted by Crippen LogP contribution is -2.07. The first kappa shape index (κ1) is 24.5. The van der Waals surface area contributed by atoms with Crippen molar-refractivity contribution in [3.63, 3.8) is 0 Å². The second kappa shape index (κ2) is 10.4. The highest BCUT2D eigenvalue weighted by molar-refractivity contribution is 6.33. The molecule has 2 aromatic carbocycles. The van der Waals surface area contributed by atoms with Gasteiger partial charge in [-0.05, 0) is 49.2 Å². The Balaban J connectivity index is 1.68. The Morgan fingerprint density at radius 1 is 1.03 bits per heavy atom. The van der Waals surface area contributed by atoms with Crippen LogP contribution in [0.3, 0.4) is 0 Å². The predicted molar refractivity (Wildman–Crippen MR) is 128 cm³/mol. The van der Waals surface area contributed by atoms with E-state index in [1.807, 2.05) is 6.92 Å². The number of aromatic nitrogens is 3. The molecule has 2 aromatic heterocycles. The molecule has 0 aliphatic heterocycles. The molecule has 182 valence electrons. The SMILES string of the molecule is CCCNc1ncc(-c2noc(-c3ccc(-c4ccccc4C(F)(F)F)c(OCC)c3)n2)cc1Cl. The summed E-state index contributed by atoms with van der Waals surface area (Å²) in [4.78, 5) is 8.72. The minimum Gasteiger partial charge on any atom is -0.493 e. The van der Waals surface area contributed by atoms with E-state index in [-0.39, 0.29) is 29.6 Å². The highest BCUT2D eigenvalue weighted by Crippen LogP contribution is 2.41. The summed E-state index contributed by atoms with van der Waals surface area (Å²) < 4.78 is 51.8. The highest BCUT2D eigenvalue weighted by atomic mass is 35.5. The third-order valence-corrected chi connectivity index (χ3v) is 5.41. The lowest BCUT2D eigenvalue weighted by Gasteiger charge is -2.16. The Morgan fingerprint density at radius 3 is 2.54 bits per heavy atom. The molecule has 1 N–H and O–H groups in total. The van der Waals surface area contributed by atoms with Crippen molar-refractivity contribution >= 4 is 17.4 Å². The topological polar surface area (TPSA) is 73.1 Å². The van der Waals surface area contributed by atoms with Gasteiger partial charge in [-0.15, -0.1) is 0 Å². The summed E-state index contributed by atoms with van der Waals surface area (Å²) in [5, 5.41) is 7.56. The zero-order valence-corrected chi connectivity index (χ0v) is 19.7. The van der Waals surface area contributed by atoms with Crippen molar-refractivity contribution in [3.8, 4) is 39.7 Å². The predicted octanol–water partition coefficient (Wildman–Crippen LogP) is 7.36. The van der Waals surface area contributed by atoms with Gasteiger partial charge in [0.05, 0.1) is 17.2 Å². The van der Waals surface area contributed by atoms with Crippen LogP contribution in [-0.4, -0.2) is 28.3 Å². The second-order valence-corrected chi connectivity index (χ2v) is 8.00. The molecule has 0 saturated heterocycles. The summed E-state index contributed by atoms with van der Waals surface area (Å²) in [6.07, 6.45) is -1.99. The first-order valence-corrected chi connectivity index (χ1v) is 11.4. The first-order valence-electron chi connectivity index (χ1n) is 11.0. The van der Waals surface area contributed by atoms with E-state index in [1.165, 1.54) is 12.1 Å². The maximum atomic E-state index is 13.6. The minimum absolute atomic E-state index is 0.0266. The number of hydrogen-bond donors (Lipinski definition) is 1. The van der Waals surface area contributed by atoms with Gasteiger partial charge in [-0.2, -0.15) is 18.2 Å². The van der Waals surface area contributed by atoms with Crippen LogP contribution in [0.1, 0.15) is 25.8 Å². The van der Waals surface area contributed by atoms with Crippen molar-refractivity contribution in [2.75, 3.05) is 18.5 Å². The molecule has 0 fully saturated rings. The number of nitrogens with one attached hydrogen (secondary N) is 1. The van der Waals surface area contributed by atoms with Crippen LogP contribution >= 0.6 is 11.6 Å². The molecule has 0 amide bonds. The van der Waals surface area contributed by atoms with Gasteiger partial charge in [-0.1, -0.05) is 41.9 Å². The number of rotatable bonds is 8. The van der Waals surface area contributed by atoms with Crippen LogP contribution in [0.2, 0.25) is 5.02 Å². The molecule has 10 heteroatoms. The molecule has 0 saturated carbocycles. The zero-order valence-electron chi connectivity index (χ0n) is 19.0. The van der Waals surface area contributed by atoms with Crippen LogP contribution in [-0.2, 0) is 6.18 Å². The lowest BCUT2D eigenvalue weighted by molar-refractivity contribution is -0.137. The van der Waals surface area contributed by atoms with Crippen LogP contribution in [0.4, 0.5) is 19.0 Å². The lowest BCUT2D eigenvalue weighted by atomic mass is 9.97. The molecule has 4 rings (SSSR count). The normalized spacial score (nSPS) is 11.5. The van der Waals surface area contributed by atoms with E-state index in [1.54, 1.807) is 43.5 Å². The Kier molecular flexibility index (Phi) is 7.25. The van der Waals surface area contributed by atoms with E-state index in [0.717, 1.165) is 19.0 Å². The average molecular weight is 503 g/mol. The summed E-state index contributed by atoms with van der Waals surface area (Å²) in [7, 11) is 0. The summed E-state index contributed by atoms with van der Waals surface area (Å²) in [5.74, 6) is 1.30. The fourth-order valence-corrected chi connectivity index (χ4v) is 3.74. The highest BCUT2D eigenvalue weighted by Gasteiger charge is 2.34. The summed E-state index contributed by atoms with van der Waals surface area (Å²) in [6, 6.07) is 11.8. The van der Waals surface area contributed by atoms with Gasteiger partial charge >= 0.3 is 6.18 Å². The van der Waals surface area contributed by atoms with Crippen LogP contribution in [0.5, 0.6) is 5.75 Å². The smallest absolute Gasteiger partial charge is 0.417 e. The van der Waals surface area contributed by atoms with Crippen molar-refractivity contribution in [3.05, 3.63) is 65.3 Å². The minimum atomic E-state index is -4.50. The van der Waals surface area contributed by atoms with E-state index in [2.05, 4.69) is 20.4 Å². The maximum absolute atomic E-state index is 13.6. The number of nitrogens with zero attached hydrogens (tertiary/aromatic N) is 3. The fraction of sp³-hybridized carbons (Fsp3) is 0.240. The number of alkyl halides is 3. The van der Waals surface area contributed by atoms with Gasteiger partial charge in [-0.25, -0.2) is 4.98 Å². The van der Waals surface area contributed by atoms with E-state index < -0.39 is 11.7 Å². The molecule has 6 nitrogen and oxygen atoms in total. The van der Waals surface area contributed by atoms with Crippen LogP contribution in [0, 0.1) is 0 Å². The molecule has 0 aliphatic carbocycles. The quantitative estimate of drug-likeness (QED) is 0.271. The van der Waals surface area contributed by atoms with Crippen molar-refractivity contribution in [1.82, 2.24) is 15.1 Å². The van der Waals surface area contributed by atoms with Crippen molar-refractivity contribution in [2.45, 2.75) is 26.4 Å². The molecule has 4 aromatic rings. The number of benzene rings is 2. The fourth-order valence-electron chi connectivity index (χ4n) is 3.51. The van der Waals surface area contributed by atoms with E-state index in [4.69, 9.17) is 20.9 Å². The van der Waals surface area contributed by atoms with E-state index in [0.29, 0.717) is 27.5 Å². The van der Waals surface area contributed by atoms with Crippen molar-refractivity contribution in [1.29, 1.82) is 0 Å². The molecule has 0 radical (unpaired) electrons. The van der Waals surface area contributed by atoms with Crippen LogP contribution < -0.4 is 10.1 Å². The van der Waals surface area contributed by atoms with Gasteiger partial charge in [0.25, 0.3) is 5.89 Å². The van der Waals surface area contributed by atoms with Crippen LogP contribution in [0.15, 0.2) is 59.3 Å². The second-order valence-electron chi connectivity index (χ2n) is 7.59. The molecule has 2 heterocycles. The molecule has 0 unspecified atom stereocenters. The number of halogens is 4. The number of hydrogen-bond acceptors (Lipinski definition) is 6. The van der Waals surface area contributed by atoms with Gasteiger partial charge in [0.2, 0.25) is 5.82 Å². The number of anilines is 1. The largest absolute Gasteiger partial charge is 0.493 e. The molecule has 0 aliphatic rings. The number of pyridine rings is 1. The third kappa shape index (κ3) is 5.40. The van der Waals surface area contributed by atoms with Gasteiger partial charge in [0, 0.05) is 29.4 Å². The van der Waals surface area contributed by atoms with Gasteiger partial charge in [0.15, 0.2) is 0 Å². The Bertz CT molecular complexity index is 1320.